The van der Waals surface area contributed by atoms with Crippen LogP contribution >= 0.6 is 0 Å². The zero-order chi connectivity index (χ0) is 17.4. The van der Waals surface area contributed by atoms with Crippen molar-refractivity contribution in [3.8, 4) is 0 Å². The predicted molar refractivity (Wildman–Crippen MR) is 99.2 cm³/mol. The molecule has 5 heteroatoms. The predicted octanol–water partition coefficient (Wildman–Crippen LogP) is 4.38. The third-order valence-corrected chi connectivity index (χ3v) is 5.76. The molecule has 0 aromatic rings. The molecule has 0 aromatic heterocycles. The zero-order valence-corrected chi connectivity index (χ0v) is 16.2. The zero-order valence-electron chi connectivity index (χ0n) is 15.4. The molecule has 1 atom stereocenters. The van der Waals surface area contributed by atoms with Gasteiger partial charge in [0.1, 0.15) is 0 Å². The Morgan fingerprint density at radius 1 is 0.783 bits per heavy atom. The molecular formula is C18H39NO3S. The van der Waals surface area contributed by atoms with Crippen molar-refractivity contribution in [2.75, 3.05) is 12.4 Å². The van der Waals surface area contributed by atoms with E-state index in [-0.39, 0.29) is 18.4 Å². The summed E-state index contributed by atoms with van der Waals surface area (Å²) in [5.74, 6) is 0.188. The highest BCUT2D eigenvalue weighted by Crippen LogP contribution is 2.10. The number of nitrogens with one attached hydrogen (secondary N) is 1. The molecular weight excluding hydrogens is 310 g/mol. The molecule has 0 fully saturated rings. The molecule has 0 aromatic carbocycles. The van der Waals surface area contributed by atoms with Gasteiger partial charge in [0.15, 0.2) is 0 Å². The van der Waals surface area contributed by atoms with E-state index in [1.165, 1.54) is 38.5 Å². The maximum atomic E-state index is 12.0. The highest BCUT2D eigenvalue weighted by molar-refractivity contribution is 7.89. The molecule has 140 valence electrons. The normalized spacial score (nSPS) is 13.3. The van der Waals surface area contributed by atoms with E-state index in [9.17, 15) is 13.5 Å². The van der Waals surface area contributed by atoms with Crippen LogP contribution in [-0.4, -0.2) is 31.9 Å². The molecule has 0 aliphatic heterocycles. The van der Waals surface area contributed by atoms with Gasteiger partial charge in [0.2, 0.25) is 10.0 Å². The third-order valence-electron chi connectivity index (χ3n) is 4.24. The largest absolute Gasteiger partial charge is 0.395 e. The summed E-state index contributed by atoms with van der Waals surface area (Å²) >= 11 is 0. The van der Waals surface area contributed by atoms with Gasteiger partial charge in [-0.3, -0.25) is 0 Å². The Labute approximate surface area is 144 Å². The first-order valence-electron chi connectivity index (χ1n) is 9.66. The smallest absolute Gasteiger partial charge is 0.211 e. The Hall–Kier alpha value is -0.130. The molecule has 0 heterocycles. The van der Waals surface area contributed by atoms with Gasteiger partial charge in [-0.15, -0.1) is 0 Å². The van der Waals surface area contributed by atoms with Gasteiger partial charge in [0, 0.05) is 6.04 Å². The summed E-state index contributed by atoms with van der Waals surface area (Å²) in [4.78, 5) is 0. The van der Waals surface area contributed by atoms with Crippen molar-refractivity contribution in [2.45, 2.75) is 103 Å². The molecule has 0 rings (SSSR count). The number of aliphatic hydroxyl groups is 1. The molecule has 23 heavy (non-hydrogen) atoms. The highest BCUT2D eigenvalue weighted by Gasteiger charge is 2.16. The lowest BCUT2D eigenvalue weighted by atomic mass is 10.1. The minimum Gasteiger partial charge on any atom is -0.395 e. The molecule has 1 unspecified atom stereocenters. The van der Waals surface area contributed by atoms with E-state index >= 15 is 0 Å². The molecule has 0 aliphatic rings. The molecule has 0 bridgehead atoms. The van der Waals surface area contributed by atoms with Crippen LogP contribution in [0.15, 0.2) is 0 Å². The lowest BCUT2D eigenvalue weighted by Crippen LogP contribution is -2.38. The average Bonchev–Trinajstić information content (AvgIpc) is 2.52. The van der Waals surface area contributed by atoms with Gasteiger partial charge in [-0.1, -0.05) is 84.5 Å². The highest BCUT2D eigenvalue weighted by atomic mass is 32.2. The SMILES string of the molecule is CCCCCCCCCCS(=O)(=O)NC(CO)CCCCCC. The van der Waals surface area contributed by atoms with Crippen LogP contribution in [0.2, 0.25) is 0 Å². The average molecular weight is 350 g/mol. The fourth-order valence-electron chi connectivity index (χ4n) is 2.74. The summed E-state index contributed by atoms with van der Waals surface area (Å²) in [6.07, 6.45) is 14.3. The van der Waals surface area contributed by atoms with Gasteiger partial charge in [-0.2, -0.15) is 0 Å². The van der Waals surface area contributed by atoms with E-state index in [4.69, 9.17) is 0 Å². The van der Waals surface area contributed by atoms with E-state index in [0.717, 1.165) is 44.9 Å². The Morgan fingerprint density at radius 3 is 1.78 bits per heavy atom. The van der Waals surface area contributed by atoms with E-state index in [2.05, 4.69) is 18.6 Å². The van der Waals surface area contributed by atoms with Crippen molar-refractivity contribution in [3.05, 3.63) is 0 Å². The van der Waals surface area contributed by atoms with Gasteiger partial charge < -0.3 is 5.11 Å². The van der Waals surface area contributed by atoms with Gasteiger partial charge in [-0.05, 0) is 12.8 Å². The molecule has 0 saturated heterocycles. The number of hydrogen-bond donors (Lipinski definition) is 2. The molecule has 0 radical (unpaired) electrons. The fraction of sp³-hybridized carbons (Fsp3) is 1.00. The Morgan fingerprint density at radius 2 is 1.26 bits per heavy atom. The lowest BCUT2D eigenvalue weighted by Gasteiger charge is -2.16. The van der Waals surface area contributed by atoms with E-state index < -0.39 is 10.0 Å². The Balaban J connectivity index is 3.76. The van der Waals surface area contributed by atoms with Gasteiger partial charge in [0.25, 0.3) is 0 Å². The first kappa shape index (κ1) is 22.9. The van der Waals surface area contributed by atoms with Crippen LogP contribution in [-0.2, 0) is 10.0 Å². The first-order valence-corrected chi connectivity index (χ1v) is 11.3. The van der Waals surface area contributed by atoms with E-state index in [1.807, 2.05) is 0 Å². The number of rotatable bonds is 17. The second-order valence-electron chi connectivity index (χ2n) is 6.64. The van der Waals surface area contributed by atoms with Crippen LogP contribution in [0.1, 0.15) is 97.3 Å². The second-order valence-corrected chi connectivity index (χ2v) is 8.51. The summed E-state index contributed by atoms with van der Waals surface area (Å²) in [6, 6.07) is -0.314. The third kappa shape index (κ3) is 15.2. The molecule has 0 amide bonds. The summed E-state index contributed by atoms with van der Waals surface area (Å²) in [6.45, 7) is 4.25. The van der Waals surface area contributed by atoms with Crippen LogP contribution in [0, 0.1) is 0 Å². The topological polar surface area (TPSA) is 66.4 Å². The van der Waals surface area contributed by atoms with Gasteiger partial charge in [0.05, 0.1) is 12.4 Å². The monoisotopic (exact) mass is 349 g/mol. The number of aliphatic hydroxyl groups excluding tert-OH is 1. The van der Waals surface area contributed by atoms with Crippen molar-refractivity contribution < 1.29 is 13.5 Å². The molecule has 4 nitrogen and oxygen atoms in total. The summed E-state index contributed by atoms with van der Waals surface area (Å²) in [5, 5.41) is 9.33. The minimum absolute atomic E-state index is 0.108. The Bertz CT molecular complexity index is 344. The fourth-order valence-corrected chi connectivity index (χ4v) is 4.15. The molecule has 0 aliphatic carbocycles. The van der Waals surface area contributed by atoms with Crippen molar-refractivity contribution >= 4 is 10.0 Å². The van der Waals surface area contributed by atoms with Gasteiger partial charge in [-0.25, -0.2) is 13.1 Å². The quantitative estimate of drug-likeness (QED) is 0.383. The maximum absolute atomic E-state index is 12.0. The van der Waals surface area contributed by atoms with E-state index in [0.29, 0.717) is 0 Å². The number of hydrogen-bond acceptors (Lipinski definition) is 3. The summed E-state index contributed by atoms with van der Waals surface area (Å²) < 4.78 is 26.7. The Kier molecular flexibility index (Phi) is 15.3. The minimum atomic E-state index is -3.25. The molecule has 0 saturated carbocycles. The van der Waals surface area contributed by atoms with Crippen molar-refractivity contribution in [1.29, 1.82) is 0 Å². The summed E-state index contributed by atoms with van der Waals surface area (Å²) in [5.41, 5.74) is 0. The standard InChI is InChI=1S/C18H39NO3S/c1-3-5-7-9-10-11-12-14-16-23(21,22)19-18(17-20)15-13-8-6-4-2/h18-20H,3-17H2,1-2H3. The lowest BCUT2D eigenvalue weighted by molar-refractivity contribution is 0.247. The van der Waals surface area contributed by atoms with Crippen molar-refractivity contribution in [1.82, 2.24) is 4.72 Å². The van der Waals surface area contributed by atoms with Crippen LogP contribution in [0.25, 0.3) is 0 Å². The van der Waals surface area contributed by atoms with Crippen LogP contribution in [0.4, 0.5) is 0 Å². The number of unbranched alkanes of at least 4 members (excludes halogenated alkanes) is 10. The summed E-state index contributed by atoms with van der Waals surface area (Å²) in [7, 11) is -3.25. The van der Waals surface area contributed by atoms with E-state index in [1.54, 1.807) is 0 Å². The van der Waals surface area contributed by atoms with Crippen LogP contribution in [0.3, 0.4) is 0 Å². The second kappa shape index (κ2) is 15.4. The number of sulfonamides is 1. The maximum Gasteiger partial charge on any atom is 0.211 e. The van der Waals surface area contributed by atoms with Crippen LogP contribution in [0.5, 0.6) is 0 Å². The van der Waals surface area contributed by atoms with Crippen molar-refractivity contribution in [2.24, 2.45) is 0 Å². The molecule has 2 N–H and O–H groups in total. The molecule has 0 spiro atoms. The van der Waals surface area contributed by atoms with Gasteiger partial charge >= 0.3 is 0 Å². The first-order chi connectivity index (χ1) is 11.1. The van der Waals surface area contributed by atoms with Crippen LogP contribution < -0.4 is 4.72 Å². The van der Waals surface area contributed by atoms with Crippen molar-refractivity contribution in [3.63, 3.8) is 0 Å².